The summed E-state index contributed by atoms with van der Waals surface area (Å²) in [6.07, 6.45) is 3.94. The number of aromatic nitrogens is 4. The number of allylic oxidation sites excluding steroid dienone is 2. The summed E-state index contributed by atoms with van der Waals surface area (Å²) in [6, 6.07) is 0. The van der Waals surface area contributed by atoms with Crippen molar-refractivity contribution in [2.45, 2.75) is 5.16 Å². The van der Waals surface area contributed by atoms with Crippen molar-refractivity contribution in [1.29, 1.82) is 0 Å². The van der Waals surface area contributed by atoms with Crippen molar-refractivity contribution >= 4 is 22.1 Å². The van der Waals surface area contributed by atoms with E-state index in [0.717, 1.165) is 5.16 Å². The number of fused-ring (bicyclic) bond motifs is 1. The Labute approximate surface area is 117 Å². The largest absolute Gasteiger partial charge is 0.327 e. The zero-order chi connectivity index (χ0) is 14.5. The Hall–Kier alpha value is -2.06. The van der Waals surface area contributed by atoms with Crippen molar-refractivity contribution in [2.75, 3.05) is 21.1 Å². The molecule has 20 heavy (non-hydrogen) atoms. The topological polar surface area (TPSA) is 83.5 Å². The molecule has 0 spiro atoms. The normalized spacial score (nSPS) is 16.4. The van der Waals surface area contributed by atoms with E-state index in [1.165, 1.54) is 0 Å². The molecule has 106 valence electrons. The molecule has 0 unspecified atom stereocenters. The van der Waals surface area contributed by atoms with E-state index in [2.05, 4.69) is 25.8 Å². The van der Waals surface area contributed by atoms with Gasteiger partial charge in [-0.15, -0.1) is 10.9 Å². The number of H-pyrrole nitrogens is 2. The van der Waals surface area contributed by atoms with Crippen molar-refractivity contribution < 1.29 is 0 Å². The predicted molar refractivity (Wildman–Crippen MR) is 81.8 cm³/mol. The van der Waals surface area contributed by atoms with Gasteiger partial charge in [0.05, 0.1) is 21.1 Å². The fourth-order valence-corrected chi connectivity index (χ4v) is 3.93. The highest BCUT2D eigenvalue weighted by atomic mass is 32.2. The van der Waals surface area contributed by atoms with Crippen molar-refractivity contribution in [2.24, 2.45) is 0 Å². The number of nitrogens with zero attached hydrogens (tertiary/aromatic N) is 3. The molecule has 0 saturated carbocycles. The Bertz CT molecular complexity index is 837. The van der Waals surface area contributed by atoms with Gasteiger partial charge >= 0.3 is 5.69 Å². The Balaban J connectivity index is 2.43. The molecular formula is C12H16N5O2S+. The summed E-state index contributed by atoms with van der Waals surface area (Å²) in [5.41, 5.74) is -0.232. The van der Waals surface area contributed by atoms with Gasteiger partial charge in [-0.05, 0) is 10.8 Å². The first-order valence-electron chi connectivity index (χ1n) is 6.08. The number of hydrogen-bond donors (Lipinski definition) is 3. The average Bonchev–Trinajstić information content (AvgIpc) is 2.91. The first kappa shape index (κ1) is 12.9. The number of hydrogen-bond acceptors (Lipinski definition) is 3. The summed E-state index contributed by atoms with van der Waals surface area (Å²) in [6.45, 7) is 0. The third-order valence-corrected chi connectivity index (χ3v) is 4.68. The molecule has 1 aliphatic rings. The summed E-state index contributed by atoms with van der Waals surface area (Å²) in [4.78, 5) is 32.9. The van der Waals surface area contributed by atoms with Crippen molar-refractivity contribution in [3.63, 3.8) is 0 Å². The first-order chi connectivity index (χ1) is 9.38. The molecule has 0 aliphatic carbocycles. The van der Waals surface area contributed by atoms with E-state index >= 15 is 0 Å². The molecule has 0 amide bonds. The van der Waals surface area contributed by atoms with Crippen LogP contribution in [0.1, 0.15) is 0 Å². The van der Waals surface area contributed by atoms with E-state index < -0.39 is 22.1 Å². The van der Waals surface area contributed by atoms with Crippen LogP contribution in [0.2, 0.25) is 0 Å². The predicted octanol–water partition coefficient (Wildman–Crippen LogP) is 0.142. The van der Waals surface area contributed by atoms with Crippen LogP contribution < -0.4 is 15.8 Å². The van der Waals surface area contributed by atoms with Gasteiger partial charge in [0, 0.05) is 0 Å². The third kappa shape index (κ3) is 1.93. The van der Waals surface area contributed by atoms with Crippen LogP contribution in [0.3, 0.4) is 0 Å². The highest BCUT2D eigenvalue weighted by molar-refractivity contribution is 8.22. The second-order valence-electron chi connectivity index (χ2n) is 5.36. The molecule has 0 radical (unpaired) electrons. The van der Waals surface area contributed by atoms with Crippen LogP contribution in [0.5, 0.6) is 0 Å². The monoisotopic (exact) mass is 294 g/mol. The smallest absolute Gasteiger partial charge is 0.290 e. The summed E-state index contributed by atoms with van der Waals surface area (Å²) in [7, 11) is 5.16. The van der Waals surface area contributed by atoms with Gasteiger partial charge in [0.15, 0.2) is 5.65 Å². The molecule has 2 aromatic heterocycles. The highest BCUT2D eigenvalue weighted by Gasteiger charge is 2.27. The van der Waals surface area contributed by atoms with Crippen molar-refractivity contribution in [3.8, 4) is 0 Å². The molecule has 0 saturated heterocycles. The zero-order valence-corrected chi connectivity index (χ0v) is 12.3. The fourth-order valence-electron chi connectivity index (χ4n) is 2.20. The molecule has 8 heteroatoms. The fraction of sp³-hybridized carbons (Fsp3) is 0.250. The molecule has 0 bridgehead atoms. The van der Waals surface area contributed by atoms with Gasteiger partial charge in [-0.1, -0.05) is 12.2 Å². The quantitative estimate of drug-likeness (QED) is 0.544. The Kier molecular flexibility index (Phi) is 2.73. The maximum atomic E-state index is 12.1. The van der Waals surface area contributed by atoms with E-state index in [1.54, 1.807) is 0 Å². The van der Waals surface area contributed by atoms with Crippen LogP contribution in [0, 0.1) is 0 Å². The lowest BCUT2D eigenvalue weighted by atomic mass is 10.5. The molecule has 2 N–H and O–H groups in total. The molecule has 0 fully saturated rings. The van der Waals surface area contributed by atoms with E-state index in [-0.39, 0.29) is 0 Å². The lowest BCUT2D eigenvalue weighted by Crippen LogP contribution is -2.48. The summed E-state index contributed by atoms with van der Waals surface area (Å²) < 4.78 is 2.25. The van der Waals surface area contributed by atoms with Crippen molar-refractivity contribution in [3.05, 3.63) is 43.8 Å². The maximum Gasteiger partial charge on any atom is 0.327 e. The van der Waals surface area contributed by atoms with E-state index in [4.69, 9.17) is 0 Å². The Morgan fingerprint density at radius 2 is 1.80 bits per heavy atom. The van der Waals surface area contributed by atoms with Crippen LogP contribution in [0.15, 0.2) is 37.7 Å². The number of thiol groups is 1. The molecule has 0 aromatic carbocycles. The van der Waals surface area contributed by atoms with Crippen LogP contribution in [-0.4, -0.2) is 40.8 Å². The second kappa shape index (κ2) is 4.22. The van der Waals surface area contributed by atoms with Crippen LogP contribution in [0.4, 0.5) is 0 Å². The standard InChI is InChI=1S/C12H15N5O2S/c1-17(2,3)16-8-9(13-11(19)15-10(8)18)14-12(16)20-6-4-5-7-20/h4-7,20H,1-3H3,(H-,13,15,18,19)/p+1. The second-order valence-corrected chi connectivity index (χ2v) is 7.17. The minimum absolute atomic E-state index is 0.331. The maximum absolute atomic E-state index is 12.1. The highest BCUT2D eigenvalue weighted by Crippen LogP contribution is 2.42. The Morgan fingerprint density at radius 1 is 1.15 bits per heavy atom. The lowest BCUT2D eigenvalue weighted by Gasteiger charge is -2.27. The summed E-state index contributed by atoms with van der Waals surface area (Å²) in [5, 5.41) is 4.92. The molecule has 3 rings (SSSR count). The van der Waals surface area contributed by atoms with Crippen molar-refractivity contribution in [1.82, 2.24) is 24.2 Å². The summed E-state index contributed by atoms with van der Waals surface area (Å²) in [5.74, 6) is 0. The average molecular weight is 294 g/mol. The van der Waals surface area contributed by atoms with Gasteiger partial charge in [-0.25, -0.2) is 14.4 Å². The van der Waals surface area contributed by atoms with Gasteiger partial charge in [0.1, 0.15) is 0 Å². The van der Waals surface area contributed by atoms with E-state index in [9.17, 15) is 9.59 Å². The number of quaternary nitrogens is 1. The minimum Gasteiger partial charge on any atom is -0.290 e. The lowest BCUT2D eigenvalue weighted by molar-refractivity contribution is 0.245. The van der Waals surface area contributed by atoms with Gasteiger partial charge in [0.2, 0.25) is 10.7 Å². The third-order valence-electron chi connectivity index (χ3n) is 2.95. The SMILES string of the molecule is C[N+](C)(C)n1c([SH]2C=CC=C2)nc2[nH]c(=O)[nH]c(=O)c21. The zero-order valence-electron chi connectivity index (χ0n) is 11.4. The number of rotatable bonds is 2. The number of nitrogens with one attached hydrogen (secondary N) is 2. The van der Waals surface area contributed by atoms with Gasteiger partial charge in [-0.2, -0.15) is 4.68 Å². The van der Waals surface area contributed by atoms with Crippen LogP contribution in [-0.2, 0) is 0 Å². The number of imidazole rings is 1. The van der Waals surface area contributed by atoms with Crippen LogP contribution >= 0.6 is 10.9 Å². The van der Waals surface area contributed by atoms with Gasteiger partial charge < -0.3 is 0 Å². The molecule has 3 heterocycles. The van der Waals surface area contributed by atoms with Crippen LogP contribution in [0.25, 0.3) is 11.2 Å². The molecular weight excluding hydrogens is 278 g/mol. The first-order valence-corrected chi connectivity index (χ1v) is 7.56. The molecule has 1 aliphatic heterocycles. The molecule has 0 atom stereocenters. The summed E-state index contributed by atoms with van der Waals surface area (Å²) >= 11 is 0. The Morgan fingerprint density at radius 3 is 2.40 bits per heavy atom. The van der Waals surface area contributed by atoms with E-state index in [0.29, 0.717) is 15.8 Å². The molecule has 7 nitrogen and oxygen atoms in total. The minimum atomic E-state index is -0.694. The number of aromatic amines is 2. The van der Waals surface area contributed by atoms with E-state index in [1.807, 2.05) is 38.0 Å². The molecule has 2 aromatic rings. The van der Waals surface area contributed by atoms with Gasteiger partial charge in [0.25, 0.3) is 5.56 Å². The van der Waals surface area contributed by atoms with Gasteiger partial charge in [-0.3, -0.25) is 14.8 Å².